The lowest BCUT2D eigenvalue weighted by Gasteiger charge is -2.13. The summed E-state index contributed by atoms with van der Waals surface area (Å²) >= 11 is 3.36. The molecule has 0 unspecified atom stereocenters. The van der Waals surface area contributed by atoms with Crippen LogP contribution in [0.3, 0.4) is 0 Å². The largest absolute Gasteiger partial charge is 0.490 e. The summed E-state index contributed by atoms with van der Waals surface area (Å²) in [4.78, 5) is 12.2. The maximum atomic E-state index is 12.2. The van der Waals surface area contributed by atoms with Crippen LogP contribution < -0.4 is 14.8 Å². The van der Waals surface area contributed by atoms with Crippen LogP contribution in [-0.4, -0.2) is 19.1 Å². The van der Waals surface area contributed by atoms with Crippen LogP contribution in [0.25, 0.3) is 0 Å². The van der Waals surface area contributed by atoms with E-state index in [0.29, 0.717) is 25.3 Å². The normalized spacial score (nSPS) is 13.3. The molecule has 0 bridgehead atoms. The first-order valence-corrected chi connectivity index (χ1v) is 8.35. The third kappa shape index (κ3) is 3.85. The summed E-state index contributed by atoms with van der Waals surface area (Å²) in [7, 11) is 0. The second kappa shape index (κ2) is 7.04. The Morgan fingerprint density at radius 3 is 2.48 bits per heavy atom. The molecule has 1 amide bonds. The predicted molar refractivity (Wildman–Crippen MR) is 92.1 cm³/mol. The summed E-state index contributed by atoms with van der Waals surface area (Å²) < 4.78 is 12.3. The van der Waals surface area contributed by atoms with Gasteiger partial charge in [-0.25, -0.2) is 0 Å². The molecular weight excluding hydrogens is 358 g/mol. The lowest BCUT2D eigenvalue weighted by atomic mass is 10.1. The second-order valence-electron chi connectivity index (χ2n) is 5.47. The van der Waals surface area contributed by atoms with Gasteiger partial charge in [-0.2, -0.15) is 0 Å². The van der Waals surface area contributed by atoms with Gasteiger partial charge in [0.2, 0.25) is 0 Å². The number of halogens is 1. The van der Waals surface area contributed by atoms with E-state index in [1.54, 1.807) is 12.1 Å². The highest BCUT2D eigenvalue weighted by Gasteiger charge is 2.14. The number of rotatable bonds is 3. The first-order valence-electron chi connectivity index (χ1n) is 7.56. The Morgan fingerprint density at radius 2 is 1.78 bits per heavy atom. The number of carbonyl (C=O) groups is 1. The van der Waals surface area contributed by atoms with E-state index in [9.17, 15) is 4.79 Å². The Labute approximate surface area is 143 Å². The lowest BCUT2D eigenvalue weighted by Crippen LogP contribution is -2.23. The van der Waals surface area contributed by atoms with Gasteiger partial charge in [0.1, 0.15) is 0 Å². The number of hydrogen-bond donors (Lipinski definition) is 1. The molecule has 0 saturated carbocycles. The number of benzene rings is 2. The Balaban J connectivity index is 1.71. The molecule has 2 aromatic rings. The zero-order valence-electron chi connectivity index (χ0n) is 12.9. The maximum Gasteiger partial charge on any atom is 0.251 e. The minimum Gasteiger partial charge on any atom is -0.490 e. The number of fused-ring (bicyclic) bond motifs is 1. The monoisotopic (exact) mass is 375 g/mol. The highest BCUT2D eigenvalue weighted by atomic mass is 79.9. The van der Waals surface area contributed by atoms with Crippen LogP contribution in [0.4, 0.5) is 0 Å². The van der Waals surface area contributed by atoms with Crippen LogP contribution in [0, 0.1) is 6.92 Å². The first kappa shape index (κ1) is 15.9. The molecule has 3 rings (SSSR count). The van der Waals surface area contributed by atoms with Gasteiger partial charge in [-0.3, -0.25) is 4.79 Å². The fraction of sp³-hybridized carbons (Fsp3) is 0.278. The molecule has 0 fully saturated rings. The van der Waals surface area contributed by atoms with E-state index in [0.717, 1.165) is 33.5 Å². The van der Waals surface area contributed by atoms with E-state index < -0.39 is 0 Å². The molecular formula is C18H18BrNO3. The number of amides is 1. The molecule has 1 aliphatic heterocycles. The van der Waals surface area contributed by atoms with Gasteiger partial charge in [-0.15, -0.1) is 0 Å². The molecule has 0 aromatic heterocycles. The number of carbonyl (C=O) groups excluding carboxylic acids is 1. The Bertz CT molecular complexity index is 713. The van der Waals surface area contributed by atoms with Crippen LogP contribution in [-0.2, 0) is 6.54 Å². The van der Waals surface area contributed by atoms with Crippen molar-refractivity contribution in [3.63, 3.8) is 0 Å². The van der Waals surface area contributed by atoms with Gasteiger partial charge in [0.15, 0.2) is 11.5 Å². The Kier molecular flexibility index (Phi) is 4.86. The smallest absolute Gasteiger partial charge is 0.251 e. The van der Waals surface area contributed by atoms with Gasteiger partial charge in [0.05, 0.1) is 13.2 Å². The van der Waals surface area contributed by atoms with E-state index in [4.69, 9.17) is 9.47 Å². The molecule has 4 nitrogen and oxygen atoms in total. The molecule has 0 saturated heterocycles. The van der Waals surface area contributed by atoms with Crippen molar-refractivity contribution in [2.75, 3.05) is 13.2 Å². The van der Waals surface area contributed by atoms with Crippen LogP contribution in [0.1, 0.15) is 27.9 Å². The van der Waals surface area contributed by atoms with Crippen LogP contribution in [0.15, 0.2) is 40.9 Å². The summed E-state index contributed by atoms with van der Waals surface area (Å²) in [6, 6.07) is 11.2. The average molecular weight is 376 g/mol. The van der Waals surface area contributed by atoms with Crippen molar-refractivity contribution in [2.24, 2.45) is 0 Å². The molecule has 0 atom stereocenters. The van der Waals surface area contributed by atoms with Crippen LogP contribution >= 0.6 is 15.9 Å². The van der Waals surface area contributed by atoms with Crippen molar-refractivity contribution in [2.45, 2.75) is 19.9 Å². The van der Waals surface area contributed by atoms with Gasteiger partial charge >= 0.3 is 0 Å². The van der Waals surface area contributed by atoms with Crippen LogP contribution in [0.5, 0.6) is 11.5 Å². The fourth-order valence-electron chi connectivity index (χ4n) is 2.42. The van der Waals surface area contributed by atoms with Crippen molar-refractivity contribution in [1.29, 1.82) is 0 Å². The fourth-order valence-corrected chi connectivity index (χ4v) is 2.69. The number of hydrogen-bond acceptors (Lipinski definition) is 3. The van der Waals surface area contributed by atoms with Crippen molar-refractivity contribution in [1.82, 2.24) is 5.32 Å². The van der Waals surface area contributed by atoms with Gasteiger partial charge in [-0.1, -0.05) is 15.9 Å². The summed E-state index contributed by atoms with van der Waals surface area (Å²) in [6.45, 7) is 3.79. The van der Waals surface area contributed by atoms with E-state index in [1.807, 2.05) is 31.2 Å². The minimum atomic E-state index is -0.0935. The summed E-state index contributed by atoms with van der Waals surface area (Å²) in [5, 5.41) is 2.95. The molecule has 5 heteroatoms. The zero-order valence-corrected chi connectivity index (χ0v) is 14.5. The van der Waals surface area contributed by atoms with E-state index in [1.165, 1.54) is 0 Å². The molecule has 0 aliphatic carbocycles. The quantitative estimate of drug-likeness (QED) is 0.885. The standard InChI is InChI=1S/C18H18BrNO3/c1-12-9-16-17(23-8-2-7-22-16)10-14(12)11-20-18(21)13-3-5-15(19)6-4-13/h3-6,9-10H,2,7-8,11H2,1H3,(H,20,21). The van der Waals surface area contributed by atoms with Gasteiger partial charge in [0, 0.05) is 23.0 Å². The van der Waals surface area contributed by atoms with E-state index >= 15 is 0 Å². The molecule has 2 aromatic carbocycles. The Morgan fingerprint density at radius 1 is 1.13 bits per heavy atom. The van der Waals surface area contributed by atoms with Crippen LogP contribution in [0.2, 0.25) is 0 Å². The van der Waals surface area contributed by atoms with Crippen molar-refractivity contribution in [3.8, 4) is 11.5 Å². The van der Waals surface area contributed by atoms with Crippen molar-refractivity contribution in [3.05, 3.63) is 57.6 Å². The number of ether oxygens (including phenoxy) is 2. The SMILES string of the molecule is Cc1cc2c(cc1CNC(=O)c1ccc(Br)cc1)OCCCO2. The van der Waals surface area contributed by atoms with Crippen molar-refractivity contribution >= 4 is 21.8 Å². The summed E-state index contributed by atoms with van der Waals surface area (Å²) in [6.07, 6.45) is 0.878. The molecule has 1 N–H and O–H groups in total. The third-order valence-electron chi connectivity index (χ3n) is 3.75. The maximum absolute atomic E-state index is 12.2. The second-order valence-corrected chi connectivity index (χ2v) is 6.38. The molecule has 0 spiro atoms. The number of nitrogens with one attached hydrogen (secondary N) is 1. The van der Waals surface area contributed by atoms with Gasteiger partial charge in [0.25, 0.3) is 5.91 Å². The summed E-state index contributed by atoms with van der Waals surface area (Å²) in [5.74, 6) is 1.44. The van der Waals surface area contributed by atoms with Gasteiger partial charge in [-0.05, 0) is 54.4 Å². The molecule has 120 valence electrons. The highest BCUT2D eigenvalue weighted by molar-refractivity contribution is 9.10. The molecule has 1 heterocycles. The number of aryl methyl sites for hydroxylation is 1. The highest BCUT2D eigenvalue weighted by Crippen LogP contribution is 2.32. The van der Waals surface area contributed by atoms with E-state index in [2.05, 4.69) is 21.2 Å². The molecule has 0 radical (unpaired) electrons. The average Bonchev–Trinajstić information content (AvgIpc) is 2.78. The zero-order chi connectivity index (χ0) is 16.2. The molecule has 1 aliphatic rings. The van der Waals surface area contributed by atoms with Crippen molar-refractivity contribution < 1.29 is 14.3 Å². The predicted octanol–water partition coefficient (Wildman–Crippen LogP) is 3.85. The molecule has 23 heavy (non-hydrogen) atoms. The van der Waals surface area contributed by atoms with E-state index in [-0.39, 0.29) is 5.91 Å². The topological polar surface area (TPSA) is 47.6 Å². The van der Waals surface area contributed by atoms with Gasteiger partial charge < -0.3 is 14.8 Å². The third-order valence-corrected chi connectivity index (χ3v) is 4.28. The minimum absolute atomic E-state index is 0.0935. The first-order chi connectivity index (χ1) is 11.1. The summed E-state index contributed by atoms with van der Waals surface area (Å²) in [5.41, 5.74) is 2.74. The Hall–Kier alpha value is -2.01. The lowest BCUT2D eigenvalue weighted by molar-refractivity contribution is 0.0951.